The highest BCUT2D eigenvalue weighted by Gasteiger charge is 2.12. The van der Waals surface area contributed by atoms with Crippen molar-refractivity contribution in [3.63, 3.8) is 0 Å². The van der Waals surface area contributed by atoms with Crippen LogP contribution in [0.15, 0.2) is 17.5 Å². The molecular formula is C14H19NO4S. The third-order valence-corrected chi connectivity index (χ3v) is 3.65. The summed E-state index contributed by atoms with van der Waals surface area (Å²) in [5.41, 5.74) is 0.574. The van der Waals surface area contributed by atoms with Crippen molar-refractivity contribution in [2.24, 2.45) is 0 Å². The molecule has 0 saturated heterocycles. The van der Waals surface area contributed by atoms with Gasteiger partial charge in [-0.3, -0.25) is 4.79 Å². The van der Waals surface area contributed by atoms with E-state index in [4.69, 9.17) is 10.2 Å². The monoisotopic (exact) mass is 297 g/mol. The number of carboxylic acid groups (broad SMARTS) is 1. The fraction of sp³-hybridized carbons (Fsp3) is 0.429. The molecule has 1 aromatic heterocycles. The normalized spacial score (nSPS) is 10.9. The van der Waals surface area contributed by atoms with Gasteiger partial charge < -0.3 is 15.1 Å². The van der Waals surface area contributed by atoms with Crippen LogP contribution >= 0.6 is 11.3 Å². The number of unbranched alkanes of at least 4 members (excludes halogenated alkanes) is 2. The highest BCUT2D eigenvalue weighted by molar-refractivity contribution is 7.11. The van der Waals surface area contributed by atoms with Gasteiger partial charge in [0.2, 0.25) is 0 Å². The van der Waals surface area contributed by atoms with E-state index in [1.807, 2.05) is 0 Å². The van der Waals surface area contributed by atoms with Gasteiger partial charge in [-0.05, 0) is 31.4 Å². The molecule has 6 heteroatoms. The number of hydrogen-bond acceptors (Lipinski definition) is 4. The molecule has 1 rings (SSSR count). The van der Waals surface area contributed by atoms with Crippen LogP contribution in [0, 0.1) is 0 Å². The Hall–Kier alpha value is -1.66. The topological polar surface area (TPSA) is 77.8 Å². The molecule has 1 heterocycles. The van der Waals surface area contributed by atoms with Crippen LogP contribution in [0.5, 0.6) is 0 Å². The minimum atomic E-state index is -1.01. The molecule has 0 saturated carbocycles. The van der Waals surface area contributed by atoms with Gasteiger partial charge in [0.15, 0.2) is 0 Å². The van der Waals surface area contributed by atoms with Crippen molar-refractivity contribution in [1.29, 1.82) is 0 Å². The first-order valence-corrected chi connectivity index (χ1v) is 7.28. The van der Waals surface area contributed by atoms with Crippen molar-refractivity contribution in [3.05, 3.63) is 28.0 Å². The fourth-order valence-corrected chi connectivity index (χ4v) is 2.44. The van der Waals surface area contributed by atoms with Gasteiger partial charge in [-0.25, -0.2) is 4.79 Å². The average molecular weight is 297 g/mol. The van der Waals surface area contributed by atoms with E-state index < -0.39 is 5.97 Å². The predicted octanol–water partition coefficient (Wildman–Crippen LogP) is 2.08. The number of hydrogen-bond donors (Lipinski definition) is 2. The van der Waals surface area contributed by atoms with Gasteiger partial charge in [0, 0.05) is 36.5 Å². The first-order chi connectivity index (χ1) is 9.54. The van der Waals surface area contributed by atoms with Gasteiger partial charge in [-0.2, -0.15) is 0 Å². The number of amides is 1. The smallest absolute Gasteiger partial charge is 0.328 e. The highest BCUT2D eigenvalue weighted by Crippen LogP contribution is 2.17. The van der Waals surface area contributed by atoms with E-state index in [2.05, 4.69) is 0 Å². The molecule has 0 aliphatic rings. The predicted molar refractivity (Wildman–Crippen MR) is 78.9 cm³/mol. The van der Waals surface area contributed by atoms with E-state index in [0.29, 0.717) is 12.1 Å². The number of aliphatic hydroxyl groups excluding tert-OH is 1. The maximum absolute atomic E-state index is 12.1. The Bertz CT molecular complexity index is 481. The zero-order valence-electron chi connectivity index (χ0n) is 11.4. The van der Waals surface area contributed by atoms with Gasteiger partial charge in [0.25, 0.3) is 5.91 Å². The van der Waals surface area contributed by atoms with Crippen LogP contribution in [-0.4, -0.2) is 47.2 Å². The lowest BCUT2D eigenvalue weighted by Gasteiger charge is -2.16. The first-order valence-electron chi connectivity index (χ1n) is 6.40. The Morgan fingerprint density at radius 1 is 1.35 bits per heavy atom. The zero-order valence-corrected chi connectivity index (χ0v) is 12.2. The van der Waals surface area contributed by atoms with Crippen molar-refractivity contribution >= 4 is 29.3 Å². The van der Waals surface area contributed by atoms with Gasteiger partial charge >= 0.3 is 5.97 Å². The molecule has 110 valence electrons. The molecule has 0 spiro atoms. The van der Waals surface area contributed by atoms with Crippen LogP contribution < -0.4 is 0 Å². The molecule has 5 nitrogen and oxygen atoms in total. The van der Waals surface area contributed by atoms with Gasteiger partial charge in [-0.15, -0.1) is 11.3 Å². The minimum Gasteiger partial charge on any atom is -0.478 e. The quantitative estimate of drug-likeness (QED) is 0.569. The van der Waals surface area contributed by atoms with E-state index in [-0.39, 0.29) is 12.5 Å². The number of carbonyl (C=O) groups is 2. The summed E-state index contributed by atoms with van der Waals surface area (Å²) in [5.74, 6) is -1.08. The van der Waals surface area contributed by atoms with Crippen LogP contribution in [0.4, 0.5) is 0 Å². The molecule has 0 bridgehead atoms. The SMILES string of the molecule is CN(CCCCCO)C(=O)c1csc(/C=C/C(=O)O)c1. The van der Waals surface area contributed by atoms with Crippen LogP contribution in [-0.2, 0) is 4.79 Å². The molecule has 0 aliphatic heterocycles. The molecule has 2 N–H and O–H groups in total. The Morgan fingerprint density at radius 2 is 2.10 bits per heavy atom. The maximum atomic E-state index is 12.1. The molecular weight excluding hydrogens is 278 g/mol. The molecule has 20 heavy (non-hydrogen) atoms. The molecule has 0 atom stereocenters. The fourth-order valence-electron chi connectivity index (χ4n) is 1.67. The maximum Gasteiger partial charge on any atom is 0.328 e. The Labute approximate surface area is 122 Å². The van der Waals surface area contributed by atoms with E-state index in [1.54, 1.807) is 23.4 Å². The van der Waals surface area contributed by atoms with Crippen LogP contribution in [0.1, 0.15) is 34.5 Å². The van der Waals surface area contributed by atoms with Crippen LogP contribution in [0.3, 0.4) is 0 Å². The number of nitrogens with zero attached hydrogens (tertiary/aromatic N) is 1. The second kappa shape index (κ2) is 8.50. The number of rotatable bonds is 8. The molecule has 1 amide bonds. The first kappa shape index (κ1) is 16.4. The number of aliphatic carboxylic acids is 1. The van der Waals surface area contributed by atoms with E-state index in [0.717, 1.165) is 30.2 Å². The summed E-state index contributed by atoms with van der Waals surface area (Å²) in [6, 6.07) is 1.69. The van der Waals surface area contributed by atoms with Crippen molar-refractivity contribution in [2.75, 3.05) is 20.2 Å². The van der Waals surface area contributed by atoms with Gasteiger partial charge in [-0.1, -0.05) is 0 Å². The lowest BCUT2D eigenvalue weighted by Crippen LogP contribution is -2.27. The zero-order chi connectivity index (χ0) is 15.0. The van der Waals surface area contributed by atoms with Crippen LogP contribution in [0.2, 0.25) is 0 Å². The Morgan fingerprint density at radius 3 is 2.75 bits per heavy atom. The second-order valence-electron chi connectivity index (χ2n) is 4.42. The van der Waals surface area contributed by atoms with Crippen molar-refractivity contribution in [2.45, 2.75) is 19.3 Å². The van der Waals surface area contributed by atoms with Crippen LogP contribution in [0.25, 0.3) is 6.08 Å². The number of thiophene rings is 1. The summed E-state index contributed by atoms with van der Waals surface area (Å²) < 4.78 is 0. The highest BCUT2D eigenvalue weighted by atomic mass is 32.1. The number of carboxylic acids is 1. The van der Waals surface area contributed by atoms with Crippen molar-refractivity contribution < 1.29 is 19.8 Å². The minimum absolute atomic E-state index is 0.0692. The third-order valence-electron chi connectivity index (χ3n) is 2.76. The summed E-state index contributed by atoms with van der Waals surface area (Å²) in [5, 5.41) is 19.0. The molecule has 0 aliphatic carbocycles. The molecule has 1 aromatic rings. The van der Waals surface area contributed by atoms with Gasteiger partial charge in [0.05, 0.1) is 5.56 Å². The van der Waals surface area contributed by atoms with Gasteiger partial charge in [0.1, 0.15) is 0 Å². The summed E-state index contributed by atoms with van der Waals surface area (Å²) in [6.07, 6.45) is 5.04. The van der Waals surface area contributed by atoms with E-state index in [9.17, 15) is 9.59 Å². The standard InChI is InChI=1S/C14H19NO4S/c1-15(7-3-2-4-8-16)14(19)11-9-12(20-10-11)5-6-13(17)18/h5-6,9-10,16H,2-4,7-8H2,1H3,(H,17,18)/b6-5+. The number of carbonyl (C=O) groups excluding carboxylic acids is 1. The lowest BCUT2D eigenvalue weighted by atomic mass is 10.2. The molecule has 0 aromatic carbocycles. The Kier molecular flexibility index (Phi) is 6.97. The van der Waals surface area contributed by atoms with Crippen molar-refractivity contribution in [3.8, 4) is 0 Å². The molecule has 0 unspecified atom stereocenters. The summed E-state index contributed by atoms with van der Waals surface area (Å²) in [4.78, 5) is 24.9. The third kappa shape index (κ3) is 5.54. The summed E-state index contributed by atoms with van der Waals surface area (Å²) >= 11 is 1.34. The van der Waals surface area contributed by atoms with E-state index in [1.165, 1.54) is 17.4 Å². The lowest BCUT2D eigenvalue weighted by molar-refractivity contribution is -0.131. The van der Waals surface area contributed by atoms with Crippen molar-refractivity contribution in [1.82, 2.24) is 4.90 Å². The second-order valence-corrected chi connectivity index (χ2v) is 5.36. The Balaban J connectivity index is 2.52. The summed E-state index contributed by atoms with van der Waals surface area (Å²) in [7, 11) is 1.74. The average Bonchev–Trinajstić information content (AvgIpc) is 2.89. The molecule has 0 radical (unpaired) electrons. The largest absolute Gasteiger partial charge is 0.478 e. The van der Waals surface area contributed by atoms with E-state index >= 15 is 0 Å². The summed E-state index contributed by atoms with van der Waals surface area (Å²) in [6.45, 7) is 0.830. The number of aliphatic hydroxyl groups is 1. The molecule has 0 fully saturated rings.